The fourth-order valence-electron chi connectivity index (χ4n) is 1.22. The SMILES string of the molecule is O=C(NC(O)C(=O)c1cccs1)c1ccco1. The lowest BCUT2D eigenvalue weighted by Gasteiger charge is -2.09. The molecule has 0 bridgehead atoms. The number of ketones is 1. The van der Waals surface area contributed by atoms with Gasteiger partial charge in [-0.1, -0.05) is 6.07 Å². The Morgan fingerprint density at radius 1 is 1.35 bits per heavy atom. The zero-order valence-electron chi connectivity index (χ0n) is 8.62. The van der Waals surface area contributed by atoms with Crippen molar-refractivity contribution in [3.63, 3.8) is 0 Å². The van der Waals surface area contributed by atoms with Gasteiger partial charge in [0.15, 0.2) is 12.0 Å². The van der Waals surface area contributed by atoms with Crippen LogP contribution in [0.4, 0.5) is 0 Å². The normalized spacial score (nSPS) is 12.1. The van der Waals surface area contributed by atoms with E-state index in [4.69, 9.17) is 4.42 Å². The molecule has 0 aromatic carbocycles. The fourth-order valence-corrected chi connectivity index (χ4v) is 1.91. The molecular formula is C11H9NO4S. The second-order valence-corrected chi connectivity index (χ2v) is 4.14. The van der Waals surface area contributed by atoms with Crippen LogP contribution in [0, 0.1) is 0 Å². The number of hydrogen-bond donors (Lipinski definition) is 2. The second-order valence-electron chi connectivity index (χ2n) is 3.19. The van der Waals surface area contributed by atoms with Gasteiger partial charge in [-0.25, -0.2) is 0 Å². The van der Waals surface area contributed by atoms with Gasteiger partial charge in [0.2, 0.25) is 5.78 Å². The molecule has 0 saturated carbocycles. The van der Waals surface area contributed by atoms with Crippen molar-refractivity contribution in [2.75, 3.05) is 0 Å². The summed E-state index contributed by atoms with van der Waals surface area (Å²) in [7, 11) is 0. The summed E-state index contributed by atoms with van der Waals surface area (Å²) in [6, 6.07) is 6.26. The Balaban J connectivity index is 2.00. The number of aliphatic hydroxyl groups excluding tert-OH is 1. The molecule has 2 rings (SSSR count). The van der Waals surface area contributed by atoms with Gasteiger partial charge in [0, 0.05) is 0 Å². The molecule has 0 spiro atoms. The Kier molecular flexibility index (Phi) is 3.36. The minimum absolute atomic E-state index is 0.0445. The minimum Gasteiger partial charge on any atom is -0.459 e. The van der Waals surface area contributed by atoms with Crippen LogP contribution in [0.1, 0.15) is 20.2 Å². The lowest BCUT2D eigenvalue weighted by atomic mass is 10.3. The van der Waals surface area contributed by atoms with Crippen molar-refractivity contribution in [1.82, 2.24) is 5.32 Å². The highest BCUT2D eigenvalue weighted by Gasteiger charge is 2.21. The van der Waals surface area contributed by atoms with E-state index in [0.717, 1.165) is 0 Å². The zero-order valence-corrected chi connectivity index (χ0v) is 9.44. The molecule has 0 aliphatic heterocycles. The lowest BCUT2D eigenvalue weighted by Crippen LogP contribution is -2.40. The molecule has 0 aliphatic carbocycles. The minimum atomic E-state index is -1.56. The Bertz CT molecular complexity index is 504. The number of rotatable bonds is 4. The average Bonchev–Trinajstić information content (AvgIpc) is 3.00. The molecule has 5 nitrogen and oxygen atoms in total. The number of thiophene rings is 1. The Labute approximate surface area is 101 Å². The smallest absolute Gasteiger partial charge is 0.289 e. The summed E-state index contributed by atoms with van der Waals surface area (Å²) in [5, 5.41) is 13.4. The number of Topliss-reactive ketones (excluding diaryl/α,β-unsaturated/α-hetero) is 1. The first-order chi connectivity index (χ1) is 8.18. The van der Waals surface area contributed by atoms with Gasteiger partial charge in [-0.15, -0.1) is 11.3 Å². The van der Waals surface area contributed by atoms with Crippen LogP contribution in [0.2, 0.25) is 0 Å². The number of hydrogen-bond acceptors (Lipinski definition) is 5. The monoisotopic (exact) mass is 251 g/mol. The molecule has 0 saturated heterocycles. The average molecular weight is 251 g/mol. The number of aliphatic hydroxyl groups is 1. The largest absolute Gasteiger partial charge is 0.459 e. The highest BCUT2D eigenvalue weighted by molar-refractivity contribution is 7.12. The summed E-state index contributed by atoms with van der Waals surface area (Å²) in [6.45, 7) is 0. The second kappa shape index (κ2) is 4.94. The van der Waals surface area contributed by atoms with E-state index in [1.165, 1.54) is 23.7 Å². The van der Waals surface area contributed by atoms with E-state index in [0.29, 0.717) is 4.88 Å². The van der Waals surface area contributed by atoms with E-state index >= 15 is 0 Å². The van der Waals surface area contributed by atoms with Gasteiger partial charge in [-0.2, -0.15) is 0 Å². The van der Waals surface area contributed by atoms with Crippen molar-refractivity contribution in [2.24, 2.45) is 0 Å². The van der Waals surface area contributed by atoms with Crippen LogP contribution in [0.15, 0.2) is 40.3 Å². The van der Waals surface area contributed by atoms with Crippen LogP contribution in [0.3, 0.4) is 0 Å². The van der Waals surface area contributed by atoms with E-state index in [9.17, 15) is 14.7 Å². The van der Waals surface area contributed by atoms with Crippen LogP contribution >= 0.6 is 11.3 Å². The van der Waals surface area contributed by atoms with Gasteiger partial charge in [0.05, 0.1) is 11.1 Å². The van der Waals surface area contributed by atoms with E-state index in [1.807, 2.05) is 0 Å². The molecule has 17 heavy (non-hydrogen) atoms. The molecule has 88 valence electrons. The van der Waals surface area contributed by atoms with E-state index < -0.39 is 17.9 Å². The molecular weight excluding hydrogens is 242 g/mol. The van der Waals surface area contributed by atoms with Gasteiger partial charge < -0.3 is 14.8 Å². The Morgan fingerprint density at radius 3 is 2.76 bits per heavy atom. The molecule has 0 aliphatic rings. The van der Waals surface area contributed by atoms with Gasteiger partial charge in [0.25, 0.3) is 5.91 Å². The number of carbonyl (C=O) groups is 2. The quantitative estimate of drug-likeness (QED) is 0.633. The first-order valence-electron chi connectivity index (χ1n) is 4.78. The van der Waals surface area contributed by atoms with Crippen molar-refractivity contribution in [1.29, 1.82) is 0 Å². The van der Waals surface area contributed by atoms with Crippen molar-refractivity contribution < 1.29 is 19.1 Å². The van der Waals surface area contributed by atoms with E-state index in [2.05, 4.69) is 5.32 Å². The number of furan rings is 1. The van der Waals surface area contributed by atoms with Crippen LogP contribution < -0.4 is 5.32 Å². The predicted molar refractivity (Wildman–Crippen MR) is 60.8 cm³/mol. The third kappa shape index (κ3) is 2.61. The van der Waals surface area contributed by atoms with Gasteiger partial charge in [-0.3, -0.25) is 9.59 Å². The maximum Gasteiger partial charge on any atom is 0.289 e. The van der Waals surface area contributed by atoms with E-state index in [1.54, 1.807) is 23.6 Å². The first kappa shape index (κ1) is 11.6. The van der Waals surface area contributed by atoms with Gasteiger partial charge in [-0.05, 0) is 23.6 Å². The lowest BCUT2D eigenvalue weighted by molar-refractivity contribution is 0.0600. The molecule has 1 unspecified atom stereocenters. The number of carbonyl (C=O) groups excluding carboxylic acids is 2. The summed E-state index contributed by atoms with van der Waals surface area (Å²) in [4.78, 5) is 23.5. The van der Waals surface area contributed by atoms with Crippen molar-refractivity contribution in [2.45, 2.75) is 6.23 Å². The molecule has 2 heterocycles. The van der Waals surface area contributed by atoms with Crippen molar-refractivity contribution in [3.05, 3.63) is 46.5 Å². The predicted octanol–water partition coefficient (Wildman–Crippen LogP) is 1.27. The van der Waals surface area contributed by atoms with Crippen molar-refractivity contribution >= 4 is 23.0 Å². The molecule has 1 atom stereocenters. The summed E-state index contributed by atoms with van der Waals surface area (Å²) < 4.78 is 4.83. The molecule has 2 aromatic heterocycles. The maximum atomic E-state index is 11.6. The maximum absolute atomic E-state index is 11.6. The summed E-state index contributed by atoms with van der Waals surface area (Å²) in [5.41, 5.74) is 0. The summed E-state index contributed by atoms with van der Waals surface area (Å²) >= 11 is 1.20. The van der Waals surface area contributed by atoms with Crippen molar-refractivity contribution in [3.8, 4) is 0 Å². The third-order valence-corrected chi connectivity index (χ3v) is 2.91. The molecule has 1 amide bonds. The Morgan fingerprint density at radius 2 is 2.18 bits per heavy atom. The zero-order chi connectivity index (χ0) is 12.3. The molecule has 0 fully saturated rings. The summed E-state index contributed by atoms with van der Waals surface area (Å²) in [6.07, 6.45) is -0.228. The third-order valence-electron chi connectivity index (χ3n) is 2.03. The van der Waals surface area contributed by atoms with Crippen LogP contribution in [-0.2, 0) is 0 Å². The molecule has 6 heteroatoms. The molecule has 0 radical (unpaired) electrons. The highest BCUT2D eigenvalue weighted by atomic mass is 32.1. The molecule has 2 aromatic rings. The number of nitrogens with one attached hydrogen (secondary N) is 1. The standard InChI is InChI=1S/C11H9NO4S/c13-9(8-4-2-6-17-8)11(15)12-10(14)7-3-1-5-16-7/h1-6,11,15H,(H,12,14). The molecule has 2 N–H and O–H groups in total. The fraction of sp³-hybridized carbons (Fsp3) is 0.0909. The first-order valence-corrected chi connectivity index (χ1v) is 5.66. The van der Waals surface area contributed by atoms with E-state index in [-0.39, 0.29) is 5.76 Å². The highest BCUT2D eigenvalue weighted by Crippen LogP contribution is 2.11. The summed E-state index contributed by atoms with van der Waals surface area (Å²) in [5.74, 6) is -1.13. The van der Waals surface area contributed by atoms with Crippen LogP contribution in [0.5, 0.6) is 0 Å². The van der Waals surface area contributed by atoms with Crippen LogP contribution in [-0.4, -0.2) is 23.0 Å². The topological polar surface area (TPSA) is 79.5 Å². The number of amides is 1. The van der Waals surface area contributed by atoms with Crippen LogP contribution in [0.25, 0.3) is 0 Å². The van der Waals surface area contributed by atoms with Gasteiger partial charge >= 0.3 is 0 Å². The Hall–Kier alpha value is -1.92. The van der Waals surface area contributed by atoms with Gasteiger partial charge in [0.1, 0.15) is 0 Å².